The minimum Gasteiger partial charge on any atom is -0.756 e. The van der Waals surface area contributed by atoms with Gasteiger partial charge in [-0.1, -0.05) is 115 Å². The van der Waals surface area contributed by atoms with Gasteiger partial charge < -0.3 is 27.9 Å². The Labute approximate surface area is 288 Å². The van der Waals surface area contributed by atoms with Crippen LogP contribution in [0.5, 0.6) is 0 Å². The van der Waals surface area contributed by atoms with E-state index in [1.807, 2.05) is 21.1 Å². The third-order valence-corrected chi connectivity index (χ3v) is 8.69. The van der Waals surface area contributed by atoms with Crippen molar-refractivity contribution >= 4 is 19.8 Å². The van der Waals surface area contributed by atoms with Crippen LogP contribution in [0.15, 0.2) is 24.3 Å². The molecule has 0 aliphatic carbocycles. The van der Waals surface area contributed by atoms with Crippen LogP contribution >= 0.6 is 7.82 Å². The van der Waals surface area contributed by atoms with E-state index in [0.29, 0.717) is 17.4 Å². The third-order valence-electron chi connectivity index (χ3n) is 7.72. The monoisotopic (exact) mass is 687 g/mol. The number of carbonyl (C=O) groups excluding carboxylic acids is 2. The topological polar surface area (TPSA) is 111 Å². The van der Waals surface area contributed by atoms with Crippen LogP contribution in [-0.4, -0.2) is 70.0 Å². The lowest BCUT2D eigenvalue weighted by atomic mass is 10.1. The van der Waals surface area contributed by atoms with E-state index in [2.05, 4.69) is 38.2 Å². The number of ether oxygens (including phenoxy) is 2. The summed E-state index contributed by atoms with van der Waals surface area (Å²) in [4.78, 5) is 37.1. The predicted molar refractivity (Wildman–Crippen MR) is 190 cm³/mol. The van der Waals surface area contributed by atoms with Gasteiger partial charge in [0.05, 0.1) is 27.7 Å². The molecule has 0 bridgehead atoms. The zero-order chi connectivity index (χ0) is 35.1. The van der Waals surface area contributed by atoms with Crippen LogP contribution in [0.3, 0.4) is 0 Å². The zero-order valence-electron chi connectivity index (χ0n) is 30.7. The molecule has 0 heterocycles. The molecule has 0 rings (SSSR count). The van der Waals surface area contributed by atoms with E-state index in [-0.39, 0.29) is 26.1 Å². The fourth-order valence-corrected chi connectivity index (χ4v) is 5.47. The van der Waals surface area contributed by atoms with Gasteiger partial charge in [-0.15, -0.1) is 0 Å². The highest BCUT2D eigenvalue weighted by Crippen LogP contribution is 2.38. The SMILES string of the molecule is CCCCCC/C=C\C/C=C\CCCCCCCC(=O)OC(COC(=O)CCCCCCCCC)COP(=O)([O-])OCC[N+](C)(C)C. The maximum Gasteiger partial charge on any atom is 0.306 e. The third kappa shape index (κ3) is 34.2. The van der Waals surface area contributed by atoms with Crippen molar-refractivity contribution in [2.24, 2.45) is 0 Å². The van der Waals surface area contributed by atoms with Gasteiger partial charge in [-0.3, -0.25) is 14.2 Å². The highest BCUT2D eigenvalue weighted by Gasteiger charge is 2.21. The molecule has 0 aliphatic heterocycles. The summed E-state index contributed by atoms with van der Waals surface area (Å²) in [7, 11) is 1.15. The first-order valence-corrected chi connectivity index (χ1v) is 20.0. The first kappa shape index (κ1) is 45.5. The Morgan fingerprint density at radius 2 is 1.15 bits per heavy atom. The Hall–Kier alpha value is -1.51. The number of phosphoric acid groups is 1. The first-order valence-electron chi connectivity index (χ1n) is 18.5. The van der Waals surface area contributed by atoms with Gasteiger partial charge >= 0.3 is 11.9 Å². The van der Waals surface area contributed by atoms with Crippen LogP contribution in [-0.2, 0) is 32.7 Å². The molecule has 0 aromatic heterocycles. The number of unbranched alkanes of at least 4 members (excludes halogenated alkanes) is 15. The largest absolute Gasteiger partial charge is 0.756 e. The molecule has 0 N–H and O–H groups in total. The number of hydrogen-bond donors (Lipinski definition) is 0. The molecule has 0 saturated heterocycles. The van der Waals surface area contributed by atoms with E-state index >= 15 is 0 Å². The summed E-state index contributed by atoms with van der Waals surface area (Å²) in [6.45, 7) is 4.12. The molecule has 276 valence electrons. The van der Waals surface area contributed by atoms with E-state index in [9.17, 15) is 19.0 Å². The molecule has 0 saturated carbocycles. The number of esters is 2. The number of nitrogens with zero attached hydrogens (tertiary/aromatic N) is 1. The smallest absolute Gasteiger partial charge is 0.306 e. The van der Waals surface area contributed by atoms with Crippen molar-refractivity contribution in [2.45, 2.75) is 155 Å². The van der Waals surface area contributed by atoms with E-state index in [1.54, 1.807) is 0 Å². The highest BCUT2D eigenvalue weighted by atomic mass is 31.2. The van der Waals surface area contributed by atoms with Gasteiger partial charge in [-0.25, -0.2) is 0 Å². The van der Waals surface area contributed by atoms with Gasteiger partial charge in [0.25, 0.3) is 7.82 Å². The van der Waals surface area contributed by atoms with Crippen molar-refractivity contribution in [3.63, 3.8) is 0 Å². The van der Waals surface area contributed by atoms with Gasteiger partial charge in [0.15, 0.2) is 6.10 Å². The van der Waals surface area contributed by atoms with Crippen LogP contribution in [0.25, 0.3) is 0 Å². The molecule has 0 aromatic carbocycles. The van der Waals surface area contributed by atoms with Crippen molar-refractivity contribution < 1.29 is 42.1 Å². The zero-order valence-corrected chi connectivity index (χ0v) is 31.6. The molecule has 0 amide bonds. The molecule has 0 spiro atoms. The van der Waals surface area contributed by atoms with Crippen molar-refractivity contribution in [1.82, 2.24) is 0 Å². The second-order valence-electron chi connectivity index (χ2n) is 13.6. The molecule has 47 heavy (non-hydrogen) atoms. The molecular formula is C37H70NO8P. The van der Waals surface area contributed by atoms with Crippen molar-refractivity contribution in [2.75, 3.05) is 47.5 Å². The maximum atomic E-state index is 12.6. The number of likely N-dealkylation sites (N-methyl/N-ethyl adjacent to an activating group) is 1. The van der Waals surface area contributed by atoms with Crippen LogP contribution in [0.4, 0.5) is 0 Å². The van der Waals surface area contributed by atoms with Gasteiger partial charge in [0.1, 0.15) is 19.8 Å². The summed E-state index contributed by atoms with van der Waals surface area (Å²) < 4.78 is 33.6. The second-order valence-corrected chi connectivity index (χ2v) is 15.0. The van der Waals surface area contributed by atoms with Gasteiger partial charge in [-0.2, -0.15) is 0 Å². The highest BCUT2D eigenvalue weighted by molar-refractivity contribution is 7.45. The molecule has 0 fully saturated rings. The van der Waals surface area contributed by atoms with Crippen LogP contribution in [0.2, 0.25) is 0 Å². The minimum atomic E-state index is -4.61. The van der Waals surface area contributed by atoms with E-state index in [0.717, 1.165) is 57.8 Å². The quantitative estimate of drug-likeness (QED) is 0.0221. The van der Waals surface area contributed by atoms with Gasteiger partial charge in [-0.05, 0) is 44.9 Å². The average Bonchev–Trinajstić information content (AvgIpc) is 3.01. The van der Waals surface area contributed by atoms with E-state index in [4.69, 9.17) is 18.5 Å². The number of hydrogen-bond acceptors (Lipinski definition) is 8. The summed E-state index contributed by atoms with van der Waals surface area (Å²) in [5.41, 5.74) is 0. The molecular weight excluding hydrogens is 617 g/mol. The second kappa shape index (κ2) is 30.5. The van der Waals surface area contributed by atoms with Crippen molar-refractivity contribution in [1.29, 1.82) is 0 Å². The molecule has 9 nitrogen and oxygen atoms in total. The van der Waals surface area contributed by atoms with Crippen molar-refractivity contribution in [3.8, 4) is 0 Å². The summed E-state index contributed by atoms with van der Waals surface area (Å²) in [6, 6.07) is 0. The van der Waals surface area contributed by atoms with Crippen molar-refractivity contribution in [3.05, 3.63) is 24.3 Å². The summed E-state index contributed by atoms with van der Waals surface area (Å²) in [6.07, 6.45) is 29.3. The van der Waals surface area contributed by atoms with Crippen LogP contribution in [0.1, 0.15) is 149 Å². The fourth-order valence-electron chi connectivity index (χ4n) is 4.74. The summed E-state index contributed by atoms with van der Waals surface area (Å²) in [5, 5.41) is 0. The Kier molecular flexibility index (Phi) is 29.6. The van der Waals surface area contributed by atoms with Gasteiger partial charge in [0.2, 0.25) is 0 Å². The number of allylic oxidation sites excluding steroid dienone is 4. The number of rotatable bonds is 33. The maximum absolute atomic E-state index is 12.6. The van der Waals surface area contributed by atoms with Gasteiger partial charge in [0, 0.05) is 12.8 Å². The average molecular weight is 688 g/mol. The minimum absolute atomic E-state index is 0.0327. The van der Waals surface area contributed by atoms with Crippen LogP contribution < -0.4 is 4.89 Å². The normalized spacial score (nSPS) is 14.1. The van der Waals surface area contributed by atoms with E-state index < -0.39 is 32.5 Å². The fraction of sp³-hybridized carbons (Fsp3) is 0.838. The Bertz CT molecular complexity index is 871. The molecule has 2 unspecified atom stereocenters. The predicted octanol–water partition coefficient (Wildman–Crippen LogP) is 8.99. The Balaban J connectivity index is 4.42. The molecule has 2 atom stereocenters. The Morgan fingerprint density at radius 1 is 0.660 bits per heavy atom. The molecule has 10 heteroatoms. The van der Waals surface area contributed by atoms with Crippen LogP contribution in [0, 0.1) is 0 Å². The molecule has 0 radical (unpaired) electrons. The lowest BCUT2D eigenvalue weighted by molar-refractivity contribution is -0.870. The number of phosphoric ester groups is 1. The lowest BCUT2D eigenvalue weighted by Gasteiger charge is -2.28. The summed E-state index contributed by atoms with van der Waals surface area (Å²) >= 11 is 0. The van der Waals surface area contributed by atoms with E-state index in [1.165, 1.54) is 57.8 Å². The Morgan fingerprint density at radius 3 is 1.70 bits per heavy atom. The number of quaternary nitrogens is 1. The molecule has 0 aliphatic rings. The lowest BCUT2D eigenvalue weighted by Crippen LogP contribution is -2.37. The standard InChI is InChI=1S/C37H70NO8P/c1-6-8-10-12-14-15-16-17-18-19-20-21-22-24-26-28-30-37(40)46-35(34-45-47(41,42)44-32-31-38(3,4)5)33-43-36(39)29-27-25-23-13-11-9-7-2/h15-16,18-19,35H,6-14,17,20-34H2,1-5H3/b16-15-,19-18-. The molecule has 0 aromatic rings. The first-order chi connectivity index (χ1) is 22.5. The summed E-state index contributed by atoms with van der Waals surface area (Å²) in [5.74, 6) is -0.858. The number of carbonyl (C=O) groups is 2.